The van der Waals surface area contributed by atoms with E-state index in [0.717, 1.165) is 32.1 Å². The van der Waals surface area contributed by atoms with Crippen LogP contribution in [0.4, 0.5) is 0 Å². The van der Waals surface area contributed by atoms with E-state index in [4.69, 9.17) is 29.0 Å². The third-order valence-electron chi connectivity index (χ3n) is 7.81. The van der Waals surface area contributed by atoms with E-state index in [1.165, 1.54) is 7.11 Å². The molecule has 1 unspecified atom stereocenters. The van der Waals surface area contributed by atoms with E-state index in [1.54, 1.807) is 0 Å². The minimum atomic E-state index is -0.639. The van der Waals surface area contributed by atoms with Gasteiger partial charge in [0.25, 0.3) is 0 Å². The first kappa shape index (κ1) is 29.9. The lowest BCUT2D eigenvalue weighted by atomic mass is 9.66. The topological polar surface area (TPSA) is 132 Å². The Balaban J connectivity index is 0. The molecular weight excluding hydrogens is 392 g/mol. The van der Waals surface area contributed by atoms with Crippen LogP contribution in [0, 0.1) is 27.6 Å². The quantitative estimate of drug-likeness (QED) is 0.658. The maximum atomic E-state index is 11.7. The first-order valence-corrected chi connectivity index (χ1v) is 9.90. The van der Waals surface area contributed by atoms with E-state index in [0.29, 0.717) is 5.92 Å². The van der Waals surface area contributed by atoms with Gasteiger partial charge in [0.05, 0.1) is 17.9 Å². The van der Waals surface area contributed by atoms with Crippen molar-refractivity contribution in [2.45, 2.75) is 80.6 Å². The fourth-order valence-electron chi connectivity index (χ4n) is 4.22. The lowest BCUT2D eigenvalue weighted by Gasteiger charge is -2.38. The van der Waals surface area contributed by atoms with Gasteiger partial charge in [0, 0.05) is 0 Å². The molecule has 2 aliphatic carbocycles. The highest BCUT2D eigenvalue weighted by Gasteiger charge is 2.55. The number of aliphatic carboxylic acids is 1. The molecule has 2 aliphatic rings. The summed E-state index contributed by atoms with van der Waals surface area (Å²) >= 11 is 0. The molecule has 3 atom stereocenters. The predicted octanol–water partition coefficient (Wildman–Crippen LogP) is 3.74. The fraction of sp³-hybridized carbons (Fsp3) is 0.818. The van der Waals surface area contributed by atoms with Crippen molar-refractivity contribution >= 4 is 24.2 Å². The molecule has 0 aromatic rings. The Labute approximate surface area is 178 Å². The van der Waals surface area contributed by atoms with Gasteiger partial charge in [-0.1, -0.05) is 41.0 Å². The zero-order valence-corrected chi connectivity index (χ0v) is 19.4. The van der Waals surface area contributed by atoms with Crippen LogP contribution in [0.2, 0.25) is 0 Å². The van der Waals surface area contributed by atoms with Crippen molar-refractivity contribution in [1.82, 2.24) is 0 Å². The van der Waals surface area contributed by atoms with E-state index >= 15 is 0 Å². The summed E-state index contributed by atoms with van der Waals surface area (Å²) in [6.45, 7) is 14.5. The van der Waals surface area contributed by atoms with Crippen LogP contribution in [0.3, 0.4) is 0 Å². The zero-order chi connectivity index (χ0) is 24.4. The highest BCUT2D eigenvalue weighted by Crippen LogP contribution is 2.56. The highest BCUT2D eigenvalue weighted by atomic mass is 16.5. The molecule has 0 amide bonds. The lowest BCUT2D eigenvalue weighted by molar-refractivity contribution is -0.193. The van der Waals surface area contributed by atoms with Gasteiger partial charge in [-0.05, 0) is 56.3 Å². The fourth-order valence-corrected chi connectivity index (χ4v) is 4.22. The van der Waals surface area contributed by atoms with Crippen molar-refractivity contribution in [1.29, 1.82) is 0 Å². The second-order valence-corrected chi connectivity index (χ2v) is 9.53. The summed E-state index contributed by atoms with van der Waals surface area (Å²) in [6, 6.07) is 0. The molecule has 0 spiro atoms. The van der Waals surface area contributed by atoms with Gasteiger partial charge in [-0.2, -0.15) is 19.2 Å². The molecule has 1 N–H and O–H groups in total. The standard InChI is InChI=1S/C11H20O2.C9H16O2.2CO2/c1-8-6-7-11(4,9(12)13-5)10(8,2)3;1-8(2)5-4-6-9(8,3)7(10)11;2*2-1-3/h8H,6-7H2,1-5H3;4-6H2,1-3H3,(H,10,11);;/t8?,11-;9-;;/m00../s1. The molecule has 2 rings (SSSR count). The van der Waals surface area contributed by atoms with E-state index < -0.39 is 11.4 Å². The van der Waals surface area contributed by atoms with Gasteiger partial charge in [0.1, 0.15) is 0 Å². The van der Waals surface area contributed by atoms with Crippen LogP contribution >= 0.6 is 0 Å². The normalized spacial score (nSPS) is 29.8. The largest absolute Gasteiger partial charge is 0.481 e. The first-order chi connectivity index (χ1) is 13.6. The number of methoxy groups -OCH3 is 1. The molecule has 8 nitrogen and oxygen atoms in total. The van der Waals surface area contributed by atoms with E-state index in [-0.39, 0.29) is 34.5 Å². The number of hydrogen-bond acceptors (Lipinski definition) is 7. The molecule has 8 heteroatoms. The summed E-state index contributed by atoms with van der Waals surface area (Å²) in [5, 5.41) is 9.01. The summed E-state index contributed by atoms with van der Waals surface area (Å²) in [6.07, 6.45) is 5.49. The molecule has 0 saturated heterocycles. The Morgan fingerprint density at radius 2 is 1.30 bits per heavy atom. The van der Waals surface area contributed by atoms with Crippen LogP contribution in [0.5, 0.6) is 0 Å². The number of carboxylic acid groups (broad SMARTS) is 1. The number of esters is 1. The Kier molecular flexibility index (Phi) is 11.7. The highest BCUT2D eigenvalue weighted by molar-refractivity contribution is 5.77. The smallest absolute Gasteiger partial charge is 0.373 e. The molecular formula is C22H36O8. The molecule has 0 aromatic carbocycles. The van der Waals surface area contributed by atoms with Crippen molar-refractivity contribution in [3.05, 3.63) is 0 Å². The first-order valence-electron chi connectivity index (χ1n) is 9.90. The summed E-state index contributed by atoms with van der Waals surface area (Å²) in [5.74, 6) is -0.0987. The average Bonchev–Trinajstić information content (AvgIpc) is 3.04. The van der Waals surface area contributed by atoms with E-state index in [2.05, 4.69) is 20.8 Å². The maximum absolute atomic E-state index is 11.7. The van der Waals surface area contributed by atoms with Crippen LogP contribution in [0.15, 0.2) is 0 Å². The Morgan fingerprint density at radius 3 is 1.50 bits per heavy atom. The van der Waals surface area contributed by atoms with Gasteiger partial charge < -0.3 is 9.84 Å². The van der Waals surface area contributed by atoms with E-state index in [9.17, 15) is 9.59 Å². The van der Waals surface area contributed by atoms with Gasteiger partial charge >= 0.3 is 24.2 Å². The summed E-state index contributed by atoms with van der Waals surface area (Å²) in [4.78, 5) is 55.1. The van der Waals surface area contributed by atoms with Crippen LogP contribution in [-0.4, -0.2) is 36.5 Å². The van der Waals surface area contributed by atoms with Crippen molar-refractivity contribution in [2.24, 2.45) is 27.6 Å². The maximum Gasteiger partial charge on any atom is 0.373 e. The zero-order valence-electron chi connectivity index (χ0n) is 19.4. The second-order valence-electron chi connectivity index (χ2n) is 9.53. The number of carbonyl (C=O) groups is 2. The average molecular weight is 429 g/mol. The third-order valence-corrected chi connectivity index (χ3v) is 7.81. The molecule has 30 heavy (non-hydrogen) atoms. The number of rotatable bonds is 2. The molecule has 0 radical (unpaired) electrons. The van der Waals surface area contributed by atoms with Gasteiger partial charge in [0.15, 0.2) is 0 Å². The predicted molar refractivity (Wildman–Crippen MR) is 106 cm³/mol. The Hall–Kier alpha value is -2.30. The molecule has 2 fully saturated rings. The summed E-state index contributed by atoms with van der Waals surface area (Å²) in [5.41, 5.74) is -0.757. The minimum absolute atomic E-state index is 0.0289. The molecule has 0 aliphatic heterocycles. The van der Waals surface area contributed by atoms with Gasteiger partial charge in [-0.15, -0.1) is 0 Å². The molecule has 0 bridgehead atoms. The van der Waals surface area contributed by atoms with Crippen molar-refractivity contribution in [2.75, 3.05) is 7.11 Å². The van der Waals surface area contributed by atoms with Crippen LogP contribution in [0.25, 0.3) is 0 Å². The molecule has 0 aromatic heterocycles. The van der Waals surface area contributed by atoms with Crippen LogP contribution in [-0.2, 0) is 33.5 Å². The Morgan fingerprint density at radius 1 is 0.867 bits per heavy atom. The van der Waals surface area contributed by atoms with Gasteiger partial charge in [-0.3, -0.25) is 9.59 Å². The summed E-state index contributed by atoms with van der Waals surface area (Å²) in [7, 11) is 1.48. The number of ether oxygens (including phenoxy) is 1. The number of carboxylic acids is 1. The molecule has 0 heterocycles. The van der Waals surface area contributed by atoms with Crippen molar-refractivity contribution in [3.63, 3.8) is 0 Å². The second kappa shape index (κ2) is 11.8. The lowest BCUT2D eigenvalue weighted by Crippen LogP contribution is -2.40. The van der Waals surface area contributed by atoms with E-state index in [1.807, 2.05) is 27.7 Å². The monoisotopic (exact) mass is 428 g/mol. The third kappa shape index (κ3) is 6.35. The van der Waals surface area contributed by atoms with Crippen molar-refractivity contribution < 1.29 is 38.6 Å². The molecule has 172 valence electrons. The molecule has 2 saturated carbocycles. The van der Waals surface area contributed by atoms with Crippen LogP contribution < -0.4 is 0 Å². The van der Waals surface area contributed by atoms with Crippen molar-refractivity contribution in [3.8, 4) is 0 Å². The number of hydrogen-bond donors (Lipinski definition) is 1. The SMILES string of the molecule is CC1(C)CCC[C@@]1(C)C(=O)O.COC(=O)[C@]1(C)CCC(C)C1(C)C.O=C=O.O=C=O. The summed E-state index contributed by atoms with van der Waals surface area (Å²) < 4.78 is 4.88. The minimum Gasteiger partial charge on any atom is -0.481 e. The van der Waals surface area contributed by atoms with Crippen LogP contribution in [0.1, 0.15) is 80.6 Å². The van der Waals surface area contributed by atoms with Gasteiger partial charge in [0.2, 0.25) is 0 Å². The Bertz CT molecular complexity index is 642. The number of carbonyl (C=O) groups excluding carboxylic acids is 5. The van der Waals surface area contributed by atoms with Gasteiger partial charge in [-0.25, -0.2) is 0 Å².